The minimum atomic E-state index is -0.747. The number of nitrogens with one attached hydrogen (secondary N) is 2. The van der Waals surface area contributed by atoms with Crippen molar-refractivity contribution in [1.29, 1.82) is 5.26 Å². The maximum Gasteiger partial charge on any atom is 0.355 e. The van der Waals surface area contributed by atoms with Crippen LogP contribution in [0.15, 0.2) is 30.3 Å². The van der Waals surface area contributed by atoms with Crippen molar-refractivity contribution >= 4 is 23.7 Å². The van der Waals surface area contributed by atoms with Crippen LogP contribution in [0.1, 0.15) is 55.8 Å². The lowest BCUT2D eigenvalue weighted by Crippen LogP contribution is -2.23. The molecule has 1 amide bonds. The maximum absolute atomic E-state index is 12.7. The van der Waals surface area contributed by atoms with E-state index in [0.717, 1.165) is 16.9 Å². The highest BCUT2D eigenvalue weighted by Gasteiger charge is 2.25. The van der Waals surface area contributed by atoms with E-state index in [4.69, 9.17) is 9.47 Å². The number of anilines is 1. The number of hydrogen-bond acceptors (Lipinski definition) is 6. The number of nitriles is 1. The van der Waals surface area contributed by atoms with Gasteiger partial charge in [-0.2, -0.15) is 5.26 Å². The highest BCUT2D eigenvalue weighted by atomic mass is 16.5. The van der Waals surface area contributed by atoms with Crippen LogP contribution in [-0.2, 0) is 14.3 Å². The van der Waals surface area contributed by atoms with Crippen LogP contribution < -0.4 is 5.32 Å². The third kappa shape index (κ3) is 4.57. The Bertz CT molecular complexity index is 1300. The van der Waals surface area contributed by atoms with Gasteiger partial charge in [-0.05, 0) is 57.9 Å². The second kappa shape index (κ2) is 10.1. The molecule has 3 aromatic rings. The quantitative estimate of drug-likeness (QED) is 0.513. The van der Waals surface area contributed by atoms with Gasteiger partial charge in [0.25, 0.3) is 5.91 Å². The number of aromatic amines is 1. The van der Waals surface area contributed by atoms with Crippen LogP contribution in [0.5, 0.6) is 0 Å². The highest BCUT2D eigenvalue weighted by Crippen LogP contribution is 2.30. The lowest BCUT2D eigenvalue weighted by Gasteiger charge is -2.13. The summed E-state index contributed by atoms with van der Waals surface area (Å²) in [6.45, 7) is 8.21. The Morgan fingerprint density at radius 2 is 1.71 bits per heavy atom. The number of H-pyrrole nitrogens is 1. The number of carbonyl (C=O) groups is 3. The number of aryl methyl sites for hydroxylation is 1. The van der Waals surface area contributed by atoms with Crippen LogP contribution in [0.25, 0.3) is 5.69 Å². The highest BCUT2D eigenvalue weighted by molar-refractivity contribution is 6.00. The molecule has 0 atom stereocenters. The number of aromatic nitrogens is 2. The van der Waals surface area contributed by atoms with Crippen LogP contribution in [0.4, 0.5) is 5.82 Å². The third-order valence-electron chi connectivity index (χ3n) is 5.55. The number of rotatable bonds is 7. The molecule has 9 heteroatoms. The monoisotopic (exact) mass is 462 g/mol. The molecule has 2 heterocycles. The van der Waals surface area contributed by atoms with Crippen molar-refractivity contribution in [1.82, 2.24) is 9.55 Å². The van der Waals surface area contributed by atoms with Crippen LogP contribution in [0.2, 0.25) is 0 Å². The Morgan fingerprint density at radius 1 is 1.03 bits per heavy atom. The number of esters is 2. The average Bonchev–Trinajstić information content (AvgIpc) is 3.24. The topological polar surface area (TPSA) is 126 Å². The predicted octanol–water partition coefficient (Wildman–Crippen LogP) is 3.88. The molecular formula is C25H26N4O5. The van der Waals surface area contributed by atoms with E-state index in [0.29, 0.717) is 22.6 Å². The number of para-hydroxylation sites is 1. The number of hydrogen-bond donors (Lipinski definition) is 2. The lowest BCUT2D eigenvalue weighted by atomic mass is 10.1. The van der Waals surface area contributed by atoms with Crippen molar-refractivity contribution < 1.29 is 23.9 Å². The molecule has 34 heavy (non-hydrogen) atoms. The van der Waals surface area contributed by atoms with Crippen molar-refractivity contribution in [2.24, 2.45) is 0 Å². The van der Waals surface area contributed by atoms with Crippen LogP contribution >= 0.6 is 0 Å². The van der Waals surface area contributed by atoms with Crippen molar-refractivity contribution in [3.63, 3.8) is 0 Å². The fraction of sp³-hybridized carbons (Fsp3) is 0.280. The average molecular weight is 463 g/mol. The zero-order valence-electron chi connectivity index (χ0n) is 19.7. The van der Waals surface area contributed by atoms with Crippen molar-refractivity contribution in [3.05, 3.63) is 69.7 Å². The third-order valence-corrected chi connectivity index (χ3v) is 5.55. The molecule has 3 rings (SSSR count). The molecule has 0 unspecified atom stereocenters. The van der Waals surface area contributed by atoms with Gasteiger partial charge in [0.2, 0.25) is 0 Å². The Balaban J connectivity index is 1.79. The zero-order valence-corrected chi connectivity index (χ0v) is 19.7. The zero-order chi connectivity index (χ0) is 25.0. The smallest absolute Gasteiger partial charge is 0.355 e. The molecule has 0 aliphatic rings. The van der Waals surface area contributed by atoms with E-state index in [-0.39, 0.29) is 17.9 Å². The van der Waals surface area contributed by atoms with Gasteiger partial charge in [0, 0.05) is 17.1 Å². The minimum Gasteiger partial charge on any atom is -0.461 e. The first-order valence-corrected chi connectivity index (χ1v) is 10.7. The van der Waals surface area contributed by atoms with Gasteiger partial charge in [-0.3, -0.25) is 9.36 Å². The molecule has 2 aromatic heterocycles. The number of amides is 1. The van der Waals surface area contributed by atoms with Crippen molar-refractivity contribution in [2.75, 3.05) is 18.5 Å². The fourth-order valence-electron chi connectivity index (χ4n) is 3.80. The molecule has 0 spiro atoms. The molecule has 176 valence electrons. The summed E-state index contributed by atoms with van der Waals surface area (Å²) >= 11 is 0. The lowest BCUT2D eigenvalue weighted by molar-refractivity contribution is -0.119. The Morgan fingerprint density at radius 3 is 2.32 bits per heavy atom. The molecule has 0 fully saturated rings. The summed E-state index contributed by atoms with van der Waals surface area (Å²) < 4.78 is 12.0. The summed E-state index contributed by atoms with van der Waals surface area (Å²) in [7, 11) is 0. The first kappa shape index (κ1) is 24.3. The van der Waals surface area contributed by atoms with E-state index >= 15 is 0 Å². The van der Waals surface area contributed by atoms with E-state index < -0.39 is 24.5 Å². The Labute approximate surface area is 197 Å². The van der Waals surface area contributed by atoms with Gasteiger partial charge < -0.3 is 19.8 Å². The Hall–Kier alpha value is -4.32. The standard InChI is InChI=1S/C25H26N4O5/c1-6-33-25(32)22-15(3)21(16(4)27-22)24(31)34-13-20(30)28-23-19(12-26)14(2)17(5)29(23)18-10-8-7-9-11-18/h7-11,27H,6,13H2,1-5H3,(H,28,30). The molecule has 2 N–H and O–H groups in total. The van der Waals surface area contributed by atoms with Crippen molar-refractivity contribution in [3.8, 4) is 11.8 Å². The van der Waals surface area contributed by atoms with Gasteiger partial charge in [0.1, 0.15) is 17.6 Å². The molecule has 0 saturated heterocycles. The normalized spacial score (nSPS) is 10.5. The molecule has 0 aliphatic carbocycles. The molecule has 9 nitrogen and oxygen atoms in total. The SMILES string of the molecule is CCOC(=O)c1[nH]c(C)c(C(=O)OCC(=O)Nc2c(C#N)c(C)c(C)n2-c2ccccc2)c1C. The predicted molar refractivity (Wildman–Crippen MR) is 125 cm³/mol. The summed E-state index contributed by atoms with van der Waals surface area (Å²) in [5.41, 5.74) is 3.82. The van der Waals surface area contributed by atoms with Gasteiger partial charge >= 0.3 is 11.9 Å². The molecular weight excluding hydrogens is 436 g/mol. The van der Waals surface area contributed by atoms with Gasteiger partial charge in [-0.15, -0.1) is 0 Å². The second-order valence-electron chi connectivity index (χ2n) is 7.69. The van der Waals surface area contributed by atoms with E-state index in [1.807, 2.05) is 44.2 Å². The van der Waals surface area contributed by atoms with Gasteiger partial charge in [-0.25, -0.2) is 9.59 Å². The first-order chi connectivity index (χ1) is 16.2. The molecule has 0 saturated carbocycles. The maximum atomic E-state index is 12.7. The fourth-order valence-corrected chi connectivity index (χ4v) is 3.80. The largest absolute Gasteiger partial charge is 0.461 e. The molecule has 0 bridgehead atoms. The molecule has 1 aromatic carbocycles. The van der Waals surface area contributed by atoms with Gasteiger partial charge in [0.15, 0.2) is 6.61 Å². The summed E-state index contributed by atoms with van der Waals surface area (Å²) in [4.78, 5) is 40.3. The number of benzene rings is 1. The number of carbonyl (C=O) groups excluding carboxylic acids is 3. The van der Waals surface area contributed by atoms with Crippen molar-refractivity contribution in [2.45, 2.75) is 34.6 Å². The van der Waals surface area contributed by atoms with Crippen LogP contribution in [0.3, 0.4) is 0 Å². The van der Waals surface area contributed by atoms with E-state index in [9.17, 15) is 19.6 Å². The molecule has 0 aliphatic heterocycles. The summed E-state index contributed by atoms with van der Waals surface area (Å²) in [6.07, 6.45) is 0. The van der Waals surface area contributed by atoms with Gasteiger partial charge in [0.05, 0.1) is 17.7 Å². The number of nitrogens with zero attached hydrogens (tertiary/aromatic N) is 2. The van der Waals surface area contributed by atoms with E-state index in [1.165, 1.54) is 0 Å². The second-order valence-corrected chi connectivity index (χ2v) is 7.69. The van der Waals surface area contributed by atoms with E-state index in [2.05, 4.69) is 16.4 Å². The summed E-state index contributed by atoms with van der Waals surface area (Å²) in [5, 5.41) is 12.4. The number of ether oxygens (including phenoxy) is 2. The van der Waals surface area contributed by atoms with E-state index in [1.54, 1.807) is 25.3 Å². The minimum absolute atomic E-state index is 0.168. The van der Waals surface area contributed by atoms with Gasteiger partial charge in [-0.1, -0.05) is 18.2 Å². The van der Waals surface area contributed by atoms with Crippen LogP contribution in [-0.4, -0.2) is 40.6 Å². The first-order valence-electron chi connectivity index (χ1n) is 10.7. The Kier molecular flexibility index (Phi) is 7.21. The summed E-state index contributed by atoms with van der Waals surface area (Å²) in [5.74, 6) is -1.61. The molecule has 0 radical (unpaired) electrons. The van der Waals surface area contributed by atoms with Crippen LogP contribution in [0, 0.1) is 39.0 Å². The summed E-state index contributed by atoms with van der Waals surface area (Å²) in [6, 6.07) is 11.4.